The zero-order valence-corrected chi connectivity index (χ0v) is 15.0. The molecule has 0 radical (unpaired) electrons. The Bertz CT molecular complexity index is 586. The quantitative estimate of drug-likeness (QED) is 0.560. The summed E-state index contributed by atoms with van der Waals surface area (Å²) in [5.74, 6) is 0.0981. The predicted molar refractivity (Wildman–Crippen MR) is 97.2 cm³/mol. The number of rotatable bonds is 7. The van der Waals surface area contributed by atoms with Gasteiger partial charge in [-0.1, -0.05) is 46.3 Å². The second-order valence-electron chi connectivity index (χ2n) is 5.09. The molecule has 0 bridgehead atoms. The molecule has 1 amide bonds. The van der Waals surface area contributed by atoms with E-state index in [1.54, 1.807) is 11.8 Å². The highest BCUT2D eigenvalue weighted by atomic mass is 79.9. The Morgan fingerprint density at radius 2 is 1.82 bits per heavy atom. The molecule has 0 heterocycles. The van der Waals surface area contributed by atoms with Crippen molar-refractivity contribution in [2.24, 2.45) is 0 Å². The van der Waals surface area contributed by atoms with Crippen molar-refractivity contribution in [3.63, 3.8) is 0 Å². The Hall–Kier alpha value is -1.26. The number of benzene rings is 2. The Kier molecular flexibility index (Phi) is 7.00. The van der Waals surface area contributed by atoms with E-state index in [0.29, 0.717) is 0 Å². The van der Waals surface area contributed by atoms with Crippen molar-refractivity contribution in [1.82, 2.24) is 5.32 Å². The summed E-state index contributed by atoms with van der Waals surface area (Å²) >= 11 is 5.00. The van der Waals surface area contributed by atoms with Gasteiger partial charge in [0.15, 0.2) is 0 Å². The molecule has 0 aliphatic heterocycles. The number of thioether (sulfide) groups is 1. The van der Waals surface area contributed by atoms with E-state index < -0.39 is 0 Å². The molecule has 22 heavy (non-hydrogen) atoms. The molecule has 2 rings (SSSR count). The summed E-state index contributed by atoms with van der Waals surface area (Å²) < 4.78 is 1.05. The number of carbonyl (C=O) groups excluding carboxylic acids is 1. The molecule has 1 atom stereocenters. The third kappa shape index (κ3) is 5.85. The molecule has 0 spiro atoms. The molecule has 0 aromatic heterocycles. The van der Waals surface area contributed by atoms with E-state index in [-0.39, 0.29) is 11.2 Å². The lowest BCUT2D eigenvalue weighted by Crippen LogP contribution is -2.31. The second-order valence-corrected chi connectivity index (χ2v) is 7.42. The van der Waals surface area contributed by atoms with Gasteiger partial charge in [-0.3, -0.25) is 4.79 Å². The van der Waals surface area contributed by atoms with Gasteiger partial charge in [-0.25, -0.2) is 0 Å². The number of amides is 1. The summed E-state index contributed by atoms with van der Waals surface area (Å²) in [7, 11) is 0. The third-order valence-corrected chi connectivity index (χ3v) is 4.92. The Labute approximate surface area is 144 Å². The molecule has 0 fully saturated rings. The summed E-state index contributed by atoms with van der Waals surface area (Å²) in [4.78, 5) is 13.2. The first-order valence-corrected chi connectivity index (χ1v) is 9.06. The smallest absolute Gasteiger partial charge is 0.233 e. The molecular formula is C18H20BrNOS. The SMILES string of the molecule is CC(Sc1ccc(Br)cc1)C(=O)NCCCc1ccccc1. The van der Waals surface area contributed by atoms with Gasteiger partial charge >= 0.3 is 0 Å². The van der Waals surface area contributed by atoms with Gasteiger partial charge in [-0.15, -0.1) is 11.8 Å². The van der Waals surface area contributed by atoms with E-state index in [2.05, 4.69) is 33.4 Å². The van der Waals surface area contributed by atoms with Crippen molar-refractivity contribution in [1.29, 1.82) is 0 Å². The number of carbonyl (C=O) groups is 1. The summed E-state index contributed by atoms with van der Waals surface area (Å²) in [5.41, 5.74) is 1.31. The van der Waals surface area contributed by atoms with Gasteiger partial charge in [0.05, 0.1) is 5.25 Å². The number of hydrogen-bond acceptors (Lipinski definition) is 2. The summed E-state index contributed by atoms with van der Waals surface area (Å²) in [6.07, 6.45) is 1.96. The lowest BCUT2D eigenvalue weighted by Gasteiger charge is -2.12. The lowest BCUT2D eigenvalue weighted by molar-refractivity contribution is -0.120. The van der Waals surface area contributed by atoms with Crippen LogP contribution in [0.5, 0.6) is 0 Å². The summed E-state index contributed by atoms with van der Waals surface area (Å²) in [6, 6.07) is 18.4. The van der Waals surface area contributed by atoms with Crippen LogP contribution >= 0.6 is 27.7 Å². The number of hydrogen-bond donors (Lipinski definition) is 1. The van der Waals surface area contributed by atoms with E-state index in [0.717, 1.165) is 28.8 Å². The van der Waals surface area contributed by atoms with E-state index in [1.807, 2.05) is 49.4 Å². The van der Waals surface area contributed by atoms with Crippen LogP contribution in [0, 0.1) is 0 Å². The second kappa shape index (κ2) is 9.01. The van der Waals surface area contributed by atoms with Crippen molar-refractivity contribution in [2.75, 3.05) is 6.54 Å². The zero-order valence-electron chi connectivity index (χ0n) is 12.6. The van der Waals surface area contributed by atoms with Crippen LogP contribution < -0.4 is 5.32 Å². The minimum atomic E-state index is -0.0853. The Morgan fingerprint density at radius 1 is 1.14 bits per heavy atom. The molecule has 0 saturated heterocycles. The van der Waals surface area contributed by atoms with Gasteiger partial charge in [-0.05, 0) is 49.6 Å². The predicted octanol–water partition coefficient (Wildman–Crippen LogP) is 4.68. The van der Waals surface area contributed by atoms with E-state index in [4.69, 9.17) is 0 Å². The maximum Gasteiger partial charge on any atom is 0.233 e. The molecule has 116 valence electrons. The van der Waals surface area contributed by atoms with Crippen LogP contribution in [0.15, 0.2) is 64.0 Å². The van der Waals surface area contributed by atoms with Gasteiger partial charge in [0, 0.05) is 15.9 Å². The van der Waals surface area contributed by atoms with E-state index in [9.17, 15) is 4.79 Å². The lowest BCUT2D eigenvalue weighted by atomic mass is 10.1. The van der Waals surface area contributed by atoms with Gasteiger partial charge in [0.2, 0.25) is 5.91 Å². The molecular weight excluding hydrogens is 358 g/mol. The normalized spacial score (nSPS) is 11.9. The molecule has 1 unspecified atom stereocenters. The van der Waals surface area contributed by atoms with Crippen molar-refractivity contribution >= 4 is 33.6 Å². The van der Waals surface area contributed by atoms with Crippen molar-refractivity contribution < 1.29 is 4.79 Å². The van der Waals surface area contributed by atoms with Crippen molar-refractivity contribution in [3.05, 3.63) is 64.6 Å². The fourth-order valence-electron chi connectivity index (χ4n) is 2.06. The van der Waals surface area contributed by atoms with Gasteiger partial charge in [-0.2, -0.15) is 0 Å². The average molecular weight is 378 g/mol. The van der Waals surface area contributed by atoms with Crippen LogP contribution in [0.3, 0.4) is 0 Å². The van der Waals surface area contributed by atoms with Crippen molar-refractivity contribution in [2.45, 2.75) is 29.9 Å². The highest BCUT2D eigenvalue weighted by Crippen LogP contribution is 2.24. The fourth-order valence-corrected chi connectivity index (χ4v) is 3.22. The summed E-state index contributed by atoms with van der Waals surface area (Å²) in [6.45, 7) is 2.66. The molecule has 0 aliphatic carbocycles. The first-order valence-electron chi connectivity index (χ1n) is 7.39. The molecule has 0 aliphatic rings. The molecule has 0 saturated carbocycles. The fraction of sp³-hybridized carbons (Fsp3) is 0.278. The van der Waals surface area contributed by atoms with E-state index in [1.165, 1.54) is 5.56 Å². The molecule has 1 N–H and O–H groups in total. The maximum atomic E-state index is 12.1. The first kappa shape index (κ1) is 17.1. The number of aryl methyl sites for hydroxylation is 1. The minimum absolute atomic E-state index is 0.0853. The maximum absolute atomic E-state index is 12.1. The zero-order chi connectivity index (χ0) is 15.8. The van der Waals surface area contributed by atoms with Crippen LogP contribution in [0.25, 0.3) is 0 Å². The standard InChI is InChI=1S/C18H20BrNOS/c1-14(22-17-11-9-16(19)10-12-17)18(21)20-13-5-8-15-6-3-2-4-7-15/h2-4,6-7,9-12,14H,5,8,13H2,1H3,(H,20,21). The van der Waals surface area contributed by atoms with Gasteiger partial charge < -0.3 is 5.32 Å². The topological polar surface area (TPSA) is 29.1 Å². The van der Waals surface area contributed by atoms with Crippen LogP contribution in [0.4, 0.5) is 0 Å². The monoisotopic (exact) mass is 377 g/mol. The van der Waals surface area contributed by atoms with Crippen LogP contribution in [-0.4, -0.2) is 17.7 Å². The Balaban J connectivity index is 1.69. The minimum Gasteiger partial charge on any atom is -0.355 e. The van der Waals surface area contributed by atoms with Gasteiger partial charge in [0.25, 0.3) is 0 Å². The number of nitrogens with one attached hydrogen (secondary N) is 1. The number of halogens is 1. The molecule has 4 heteroatoms. The van der Waals surface area contributed by atoms with Crippen LogP contribution in [0.2, 0.25) is 0 Å². The highest BCUT2D eigenvalue weighted by Gasteiger charge is 2.13. The van der Waals surface area contributed by atoms with Gasteiger partial charge in [0.1, 0.15) is 0 Å². The summed E-state index contributed by atoms with van der Waals surface area (Å²) in [5, 5.41) is 2.93. The highest BCUT2D eigenvalue weighted by molar-refractivity contribution is 9.10. The Morgan fingerprint density at radius 3 is 2.50 bits per heavy atom. The molecule has 2 aromatic rings. The first-order chi connectivity index (χ1) is 10.6. The van der Waals surface area contributed by atoms with Crippen molar-refractivity contribution in [3.8, 4) is 0 Å². The van der Waals surface area contributed by atoms with Crippen LogP contribution in [0.1, 0.15) is 18.9 Å². The third-order valence-electron chi connectivity index (χ3n) is 3.28. The van der Waals surface area contributed by atoms with E-state index >= 15 is 0 Å². The molecule has 2 nitrogen and oxygen atoms in total. The molecule has 2 aromatic carbocycles. The average Bonchev–Trinajstić information content (AvgIpc) is 2.54. The van der Waals surface area contributed by atoms with Crippen LogP contribution in [-0.2, 0) is 11.2 Å². The largest absolute Gasteiger partial charge is 0.355 e.